The van der Waals surface area contributed by atoms with Gasteiger partial charge in [0.15, 0.2) is 0 Å². The van der Waals surface area contributed by atoms with Crippen molar-refractivity contribution in [3.63, 3.8) is 0 Å². The van der Waals surface area contributed by atoms with Crippen LogP contribution in [0.15, 0.2) is 52.1 Å². The van der Waals surface area contributed by atoms with E-state index in [1.54, 1.807) is 18.2 Å². The lowest BCUT2D eigenvalue weighted by Gasteiger charge is -2.07. The number of rotatable bonds is 1. The Hall–Kier alpha value is -2.40. The van der Waals surface area contributed by atoms with Crippen molar-refractivity contribution in [3.05, 3.63) is 74.1 Å². The number of aromatic amines is 1. The van der Waals surface area contributed by atoms with Gasteiger partial charge >= 0.3 is 5.69 Å². The lowest BCUT2D eigenvalue weighted by molar-refractivity contribution is 0.635. The Morgan fingerprint density at radius 3 is 2.60 bits per heavy atom. The summed E-state index contributed by atoms with van der Waals surface area (Å²) in [7, 11) is 0. The van der Waals surface area contributed by atoms with Crippen LogP contribution in [0.5, 0.6) is 0 Å². The van der Waals surface area contributed by atoms with Crippen LogP contribution in [0, 0.1) is 5.82 Å². The normalized spacial score (nSPS) is 10.9. The third kappa shape index (κ3) is 1.92. The van der Waals surface area contributed by atoms with Crippen molar-refractivity contribution in [3.8, 4) is 5.69 Å². The van der Waals surface area contributed by atoms with E-state index >= 15 is 0 Å². The van der Waals surface area contributed by atoms with Gasteiger partial charge < -0.3 is 4.98 Å². The fourth-order valence-electron chi connectivity index (χ4n) is 2.05. The number of aromatic nitrogens is 2. The zero-order chi connectivity index (χ0) is 14.3. The summed E-state index contributed by atoms with van der Waals surface area (Å²) in [6.45, 7) is 0. The highest BCUT2D eigenvalue weighted by molar-refractivity contribution is 6.30. The van der Waals surface area contributed by atoms with Crippen molar-refractivity contribution in [2.75, 3.05) is 0 Å². The highest BCUT2D eigenvalue weighted by Gasteiger charge is 2.11. The van der Waals surface area contributed by atoms with Crippen molar-refractivity contribution in [1.29, 1.82) is 0 Å². The zero-order valence-electron chi connectivity index (χ0n) is 10.1. The maximum atomic E-state index is 13.6. The highest BCUT2D eigenvalue weighted by atomic mass is 35.5. The van der Waals surface area contributed by atoms with Gasteiger partial charge in [-0.05, 0) is 30.3 Å². The molecule has 3 rings (SSSR count). The molecule has 2 aromatic carbocycles. The van der Waals surface area contributed by atoms with E-state index in [2.05, 4.69) is 4.98 Å². The van der Waals surface area contributed by atoms with Gasteiger partial charge in [0.25, 0.3) is 5.56 Å². The number of hydrogen-bond acceptors (Lipinski definition) is 2. The van der Waals surface area contributed by atoms with Crippen LogP contribution in [0.25, 0.3) is 16.6 Å². The SMILES string of the molecule is O=c1[nH]c2c(F)cccc2c(=O)n1-c1cccc(Cl)c1. The Balaban J connectivity index is 2.44. The number of nitrogens with zero attached hydrogens (tertiary/aromatic N) is 1. The molecule has 0 aliphatic carbocycles. The fourth-order valence-corrected chi connectivity index (χ4v) is 2.24. The average molecular weight is 291 g/mol. The van der Waals surface area contributed by atoms with E-state index in [0.717, 1.165) is 4.57 Å². The van der Waals surface area contributed by atoms with Crippen molar-refractivity contribution >= 4 is 22.5 Å². The van der Waals surface area contributed by atoms with Crippen LogP contribution in [0.1, 0.15) is 0 Å². The van der Waals surface area contributed by atoms with Gasteiger partial charge in [0.05, 0.1) is 16.6 Å². The number of hydrogen-bond donors (Lipinski definition) is 1. The van der Waals surface area contributed by atoms with E-state index in [1.807, 2.05) is 0 Å². The van der Waals surface area contributed by atoms with Gasteiger partial charge in [-0.1, -0.05) is 23.7 Å². The van der Waals surface area contributed by atoms with E-state index in [9.17, 15) is 14.0 Å². The van der Waals surface area contributed by atoms with E-state index in [0.29, 0.717) is 10.7 Å². The molecule has 1 heterocycles. The summed E-state index contributed by atoms with van der Waals surface area (Å²) in [4.78, 5) is 26.7. The minimum Gasteiger partial charge on any atom is -0.304 e. The average Bonchev–Trinajstić information content (AvgIpc) is 2.40. The topological polar surface area (TPSA) is 54.9 Å². The molecule has 0 saturated heterocycles. The fraction of sp³-hybridized carbons (Fsp3) is 0. The summed E-state index contributed by atoms with van der Waals surface area (Å²) >= 11 is 5.86. The van der Waals surface area contributed by atoms with Gasteiger partial charge in [-0.2, -0.15) is 0 Å². The van der Waals surface area contributed by atoms with Gasteiger partial charge in [-0.25, -0.2) is 13.8 Å². The second kappa shape index (κ2) is 4.61. The summed E-state index contributed by atoms with van der Waals surface area (Å²) in [5.41, 5.74) is -1.07. The first kappa shape index (κ1) is 12.6. The van der Waals surface area contributed by atoms with Crippen LogP contribution >= 0.6 is 11.6 Å². The maximum Gasteiger partial charge on any atom is 0.333 e. The molecule has 4 nitrogen and oxygen atoms in total. The largest absolute Gasteiger partial charge is 0.333 e. The van der Waals surface area contributed by atoms with Crippen molar-refractivity contribution in [2.45, 2.75) is 0 Å². The highest BCUT2D eigenvalue weighted by Crippen LogP contribution is 2.14. The first-order valence-corrected chi connectivity index (χ1v) is 6.15. The van der Waals surface area contributed by atoms with E-state index in [4.69, 9.17) is 11.6 Å². The van der Waals surface area contributed by atoms with Gasteiger partial charge in [0, 0.05) is 5.02 Å². The molecule has 0 saturated carbocycles. The second-order valence-electron chi connectivity index (χ2n) is 4.21. The molecule has 0 fully saturated rings. The first-order chi connectivity index (χ1) is 9.58. The summed E-state index contributed by atoms with van der Waals surface area (Å²) in [6.07, 6.45) is 0. The second-order valence-corrected chi connectivity index (χ2v) is 4.65. The van der Waals surface area contributed by atoms with Gasteiger partial charge in [0.1, 0.15) is 5.82 Å². The van der Waals surface area contributed by atoms with E-state index in [1.165, 1.54) is 24.3 Å². The standard InChI is InChI=1S/C14H8ClFN2O2/c15-8-3-1-4-9(7-8)18-13(19)10-5-2-6-11(16)12(10)17-14(18)20/h1-7H,(H,17,20). The summed E-state index contributed by atoms with van der Waals surface area (Å²) < 4.78 is 14.5. The minimum atomic E-state index is -0.713. The van der Waals surface area contributed by atoms with Crippen LogP contribution in [0.3, 0.4) is 0 Å². The smallest absolute Gasteiger partial charge is 0.304 e. The van der Waals surface area contributed by atoms with Crippen LogP contribution in [-0.2, 0) is 0 Å². The lowest BCUT2D eigenvalue weighted by atomic mass is 10.2. The number of halogens is 2. The molecule has 0 atom stereocenters. The molecular formula is C14H8ClFN2O2. The summed E-state index contributed by atoms with van der Waals surface area (Å²) in [6, 6.07) is 10.4. The predicted octanol–water partition coefficient (Wildman–Crippen LogP) is 2.47. The van der Waals surface area contributed by atoms with Crippen LogP contribution in [-0.4, -0.2) is 9.55 Å². The molecule has 0 spiro atoms. The number of nitrogens with one attached hydrogen (secondary N) is 1. The first-order valence-electron chi connectivity index (χ1n) is 5.77. The van der Waals surface area contributed by atoms with E-state index < -0.39 is 17.1 Å². The number of benzene rings is 2. The van der Waals surface area contributed by atoms with Gasteiger partial charge in [0.2, 0.25) is 0 Å². The molecule has 0 unspecified atom stereocenters. The molecule has 0 aliphatic rings. The Morgan fingerprint density at radius 2 is 1.85 bits per heavy atom. The lowest BCUT2D eigenvalue weighted by Crippen LogP contribution is -2.33. The Labute approximate surface area is 117 Å². The molecule has 0 bridgehead atoms. The summed E-state index contributed by atoms with van der Waals surface area (Å²) in [5.74, 6) is -0.644. The molecule has 0 radical (unpaired) electrons. The third-order valence-electron chi connectivity index (χ3n) is 2.95. The Bertz CT molecular complexity index is 930. The quantitative estimate of drug-likeness (QED) is 0.748. The maximum absolute atomic E-state index is 13.6. The molecule has 1 N–H and O–H groups in total. The van der Waals surface area contributed by atoms with Crippen molar-refractivity contribution < 1.29 is 4.39 Å². The zero-order valence-corrected chi connectivity index (χ0v) is 10.8. The molecule has 6 heteroatoms. The Kier molecular flexibility index (Phi) is 2.91. The van der Waals surface area contributed by atoms with Gasteiger partial charge in [-0.15, -0.1) is 0 Å². The molecule has 100 valence electrons. The van der Waals surface area contributed by atoms with Gasteiger partial charge in [-0.3, -0.25) is 4.79 Å². The number of H-pyrrole nitrogens is 1. The number of para-hydroxylation sites is 1. The van der Waals surface area contributed by atoms with Crippen LogP contribution in [0.2, 0.25) is 5.02 Å². The monoisotopic (exact) mass is 290 g/mol. The predicted molar refractivity (Wildman–Crippen MR) is 75.1 cm³/mol. The Morgan fingerprint density at radius 1 is 1.10 bits per heavy atom. The molecule has 3 aromatic rings. The van der Waals surface area contributed by atoms with Crippen molar-refractivity contribution in [2.24, 2.45) is 0 Å². The molecule has 0 aliphatic heterocycles. The number of fused-ring (bicyclic) bond motifs is 1. The van der Waals surface area contributed by atoms with Crippen molar-refractivity contribution in [1.82, 2.24) is 9.55 Å². The molecular weight excluding hydrogens is 283 g/mol. The molecule has 20 heavy (non-hydrogen) atoms. The van der Waals surface area contributed by atoms with Crippen LogP contribution in [0.4, 0.5) is 4.39 Å². The molecule has 1 aromatic heterocycles. The summed E-state index contributed by atoms with van der Waals surface area (Å²) in [5, 5.41) is 0.498. The van der Waals surface area contributed by atoms with E-state index in [-0.39, 0.29) is 10.9 Å². The minimum absolute atomic E-state index is 0.0965. The third-order valence-corrected chi connectivity index (χ3v) is 3.18. The molecule has 0 amide bonds. The van der Waals surface area contributed by atoms with Crippen LogP contribution < -0.4 is 11.2 Å².